The van der Waals surface area contributed by atoms with Crippen LogP contribution in [0.25, 0.3) is 21.9 Å². The standard InChI is InChI=1S/C23H18Br2FN7O2/c24-12-6-11-15(7-13(12)26)32(22-20(11)21(27)28-9-29-22)8-19(34)33-14-4-10(14)5-16(33)23(35)31-18-3-1-2-17(25)30-18/h1-3,6-7,9-10,14,16H,4-5,8H2,(H2,27,28,29)(H,30,31,35)/t10?,14-,16+/m1/s1. The molecule has 3 N–H and O–H groups in total. The quantitative estimate of drug-likeness (QED) is 0.343. The van der Waals surface area contributed by atoms with E-state index in [1.807, 2.05) is 0 Å². The number of likely N-dealkylation sites (tertiary alicyclic amines) is 1. The zero-order valence-corrected chi connectivity index (χ0v) is 21.3. The van der Waals surface area contributed by atoms with E-state index in [-0.39, 0.29) is 34.7 Å². The van der Waals surface area contributed by atoms with Gasteiger partial charge in [-0.05, 0) is 74.9 Å². The van der Waals surface area contributed by atoms with Gasteiger partial charge in [0.1, 0.15) is 46.6 Å². The van der Waals surface area contributed by atoms with Crippen LogP contribution in [0.5, 0.6) is 0 Å². The summed E-state index contributed by atoms with van der Waals surface area (Å²) in [5, 5.41) is 4.01. The van der Waals surface area contributed by atoms with E-state index in [1.165, 1.54) is 12.4 Å². The van der Waals surface area contributed by atoms with E-state index >= 15 is 0 Å². The first-order chi connectivity index (χ1) is 16.8. The first-order valence-corrected chi connectivity index (χ1v) is 12.5. The molecular weight excluding hydrogens is 585 g/mol. The van der Waals surface area contributed by atoms with Gasteiger partial charge in [0.15, 0.2) is 0 Å². The number of rotatable bonds is 4. The number of nitrogens with zero attached hydrogens (tertiary/aromatic N) is 5. The molecule has 1 aliphatic carbocycles. The van der Waals surface area contributed by atoms with Crippen LogP contribution in [0.15, 0.2) is 45.7 Å². The van der Waals surface area contributed by atoms with Crippen molar-refractivity contribution in [1.82, 2.24) is 24.4 Å². The second kappa shape index (κ2) is 8.23. The number of halogens is 3. The highest BCUT2D eigenvalue weighted by Gasteiger charge is 2.56. The van der Waals surface area contributed by atoms with Gasteiger partial charge in [0, 0.05) is 11.4 Å². The van der Waals surface area contributed by atoms with Gasteiger partial charge in [-0.25, -0.2) is 19.3 Å². The molecule has 9 nitrogen and oxygen atoms in total. The molecule has 35 heavy (non-hydrogen) atoms. The second-order valence-corrected chi connectivity index (χ2v) is 10.4. The number of anilines is 2. The van der Waals surface area contributed by atoms with E-state index in [9.17, 15) is 14.0 Å². The summed E-state index contributed by atoms with van der Waals surface area (Å²) in [5.74, 6) is -0.0334. The van der Waals surface area contributed by atoms with E-state index in [0.29, 0.717) is 44.7 Å². The number of amides is 2. The number of hydrogen-bond acceptors (Lipinski definition) is 6. The number of carbonyl (C=O) groups is 2. The van der Waals surface area contributed by atoms with Crippen LogP contribution in [0, 0.1) is 11.7 Å². The first kappa shape index (κ1) is 22.4. The molecule has 2 fully saturated rings. The summed E-state index contributed by atoms with van der Waals surface area (Å²) >= 11 is 6.51. The van der Waals surface area contributed by atoms with E-state index in [2.05, 4.69) is 52.1 Å². The Bertz CT molecular complexity index is 1540. The van der Waals surface area contributed by atoms with Gasteiger partial charge in [-0.3, -0.25) is 9.59 Å². The van der Waals surface area contributed by atoms with Gasteiger partial charge in [0.05, 0.1) is 15.4 Å². The Morgan fingerprint density at radius 2 is 2.03 bits per heavy atom. The zero-order chi connectivity index (χ0) is 24.4. The Labute approximate surface area is 215 Å². The summed E-state index contributed by atoms with van der Waals surface area (Å²) in [6.07, 6.45) is 2.78. The Morgan fingerprint density at radius 3 is 2.83 bits per heavy atom. The minimum Gasteiger partial charge on any atom is -0.383 e. The van der Waals surface area contributed by atoms with Crippen molar-refractivity contribution in [3.8, 4) is 0 Å². The van der Waals surface area contributed by atoms with Crippen LogP contribution < -0.4 is 11.1 Å². The third-order valence-electron chi connectivity index (χ3n) is 6.67. The third kappa shape index (κ3) is 3.75. The maximum atomic E-state index is 14.5. The maximum Gasteiger partial charge on any atom is 0.248 e. The number of carbonyl (C=O) groups excluding carboxylic acids is 2. The molecular formula is C23H18Br2FN7O2. The minimum atomic E-state index is -0.606. The van der Waals surface area contributed by atoms with E-state index < -0.39 is 11.9 Å². The van der Waals surface area contributed by atoms with Crippen LogP contribution in [0.4, 0.5) is 16.0 Å². The summed E-state index contributed by atoms with van der Waals surface area (Å²) < 4.78 is 17.0. The highest BCUT2D eigenvalue weighted by molar-refractivity contribution is 9.10. The number of nitrogen functional groups attached to an aromatic ring is 1. The third-order valence-corrected chi connectivity index (χ3v) is 7.72. The Morgan fingerprint density at radius 1 is 1.20 bits per heavy atom. The lowest BCUT2D eigenvalue weighted by molar-refractivity contribution is -0.138. The molecule has 2 aliphatic rings. The van der Waals surface area contributed by atoms with Crippen molar-refractivity contribution in [2.45, 2.75) is 31.5 Å². The van der Waals surface area contributed by atoms with E-state index in [4.69, 9.17) is 5.73 Å². The fourth-order valence-corrected chi connectivity index (χ4v) is 5.73. The smallest absolute Gasteiger partial charge is 0.248 e. The van der Waals surface area contributed by atoms with Gasteiger partial charge in [-0.2, -0.15) is 0 Å². The van der Waals surface area contributed by atoms with Gasteiger partial charge >= 0.3 is 0 Å². The first-order valence-electron chi connectivity index (χ1n) is 10.9. The average molecular weight is 603 g/mol. The molecule has 2 amide bonds. The highest BCUT2D eigenvalue weighted by Crippen LogP contribution is 2.48. The molecule has 1 unspecified atom stereocenters. The molecule has 3 atom stereocenters. The van der Waals surface area contributed by atoms with Crippen molar-refractivity contribution >= 4 is 77.2 Å². The SMILES string of the molecule is Nc1ncnc2c1c1cc(Br)c(F)cc1n2CC(=O)N1[C@@H]2CC2C[C@H]1C(=O)Nc1cccc(Br)n1. The maximum absolute atomic E-state index is 14.5. The van der Waals surface area contributed by atoms with Gasteiger partial charge < -0.3 is 20.5 Å². The fraction of sp³-hybridized carbons (Fsp3) is 0.261. The van der Waals surface area contributed by atoms with Crippen LogP contribution in [0.2, 0.25) is 0 Å². The molecule has 4 aromatic rings. The molecule has 12 heteroatoms. The summed E-state index contributed by atoms with van der Waals surface area (Å²) in [4.78, 5) is 41.0. The topological polar surface area (TPSA) is 119 Å². The molecule has 1 aromatic carbocycles. The molecule has 1 saturated carbocycles. The second-order valence-electron chi connectivity index (χ2n) is 8.78. The Kier molecular flexibility index (Phi) is 5.26. The van der Waals surface area contributed by atoms with Crippen molar-refractivity contribution in [1.29, 1.82) is 0 Å². The molecule has 0 bridgehead atoms. The molecule has 4 heterocycles. The predicted molar refractivity (Wildman–Crippen MR) is 135 cm³/mol. The van der Waals surface area contributed by atoms with Crippen LogP contribution >= 0.6 is 31.9 Å². The molecule has 178 valence electrons. The van der Waals surface area contributed by atoms with Crippen molar-refractivity contribution in [3.05, 3.63) is 51.6 Å². The van der Waals surface area contributed by atoms with E-state index in [0.717, 1.165) is 6.42 Å². The summed E-state index contributed by atoms with van der Waals surface area (Å²) in [6.45, 7) is -0.111. The van der Waals surface area contributed by atoms with Gasteiger partial charge in [0.2, 0.25) is 11.8 Å². The Balaban J connectivity index is 1.34. The fourth-order valence-electron chi connectivity index (χ4n) is 5.04. The number of hydrogen-bond donors (Lipinski definition) is 2. The molecule has 1 aliphatic heterocycles. The summed E-state index contributed by atoms with van der Waals surface area (Å²) in [5.41, 5.74) is 7.03. The van der Waals surface area contributed by atoms with Crippen molar-refractivity contribution in [2.75, 3.05) is 11.1 Å². The van der Waals surface area contributed by atoms with Crippen molar-refractivity contribution < 1.29 is 14.0 Å². The highest BCUT2D eigenvalue weighted by atomic mass is 79.9. The lowest BCUT2D eigenvalue weighted by atomic mass is 10.1. The van der Waals surface area contributed by atoms with Crippen molar-refractivity contribution in [2.24, 2.45) is 5.92 Å². The monoisotopic (exact) mass is 601 g/mol. The lowest BCUT2D eigenvalue weighted by Gasteiger charge is -2.27. The van der Waals surface area contributed by atoms with Crippen LogP contribution in [-0.4, -0.2) is 48.3 Å². The van der Waals surface area contributed by atoms with Gasteiger partial charge in [-0.15, -0.1) is 0 Å². The molecule has 0 radical (unpaired) electrons. The summed E-state index contributed by atoms with van der Waals surface area (Å²) in [6, 6.07) is 7.61. The summed E-state index contributed by atoms with van der Waals surface area (Å²) in [7, 11) is 0. The van der Waals surface area contributed by atoms with Gasteiger partial charge in [-0.1, -0.05) is 6.07 Å². The minimum absolute atomic E-state index is 0.0207. The number of nitrogens with two attached hydrogens (primary N) is 1. The molecule has 3 aromatic heterocycles. The van der Waals surface area contributed by atoms with Crippen LogP contribution in [-0.2, 0) is 16.1 Å². The number of aromatic nitrogens is 4. The number of piperidine rings is 1. The van der Waals surface area contributed by atoms with Crippen LogP contribution in [0.3, 0.4) is 0 Å². The largest absolute Gasteiger partial charge is 0.383 e. The van der Waals surface area contributed by atoms with Crippen molar-refractivity contribution in [3.63, 3.8) is 0 Å². The van der Waals surface area contributed by atoms with Crippen LogP contribution in [0.1, 0.15) is 12.8 Å². The van der Waals surface area contributed by atoms with Gasteiger partial charge in [0.25, 0.3) is 0 Å². The number of nitrogens with one attached hydrogen (secondary N) is 1. The Hall–Kier alpha value is -3.12. The predicted octanol–water partition coefficient (Wildman–Crippen LogP) is 3.85. The van der Waals surface area contributed by atoms with E-state index in [1.54, 1.807) is 33.7 Å². The average Bonchev–Trinajstić information content (AvgIpc) is 3.37. The normalized spacial score (nSPS) is 20.9. The number of fused-ring (bicyclic) bond motifs is 4. The molecule has 1 saturated heterocycles. The zero-order valence-electron chi connectivity index (χ0n) is 18.1. The molecule has 0 spiro atoms. The number of benzene rings is 1. The molecule has 6 rings (SSSR count). The lowest BCUT2D eigenvalue weighted by Crippen LogP contribution is -2.46. The number of pyridine rings is 1.